The van der Waals surface area contributed by atoms with E-state index in [4.69, 9.17) is 17.3 Å². The summed E-state index contributed by atoms with van der Waals surface area (Å²) < 4.78 is 1.91. The van der Waals surface area contributed by atoms with Crippen LogP contribution in [0.3, 0.4) is 0 Å². The van der Waals surface area contributed by atoms with E-state index in [0.29, 0.717) is 6.04 Å². The number of hydrogen-bond acceptors (Lipinski definition) is 5. The summed E-state index contributed by atoms with van der Waals surface area (Å²) in [6.45, 7) is 2.08. The van der Waals surface area contributed by atoms with Crippen molar-refractivity contribution in [3.05, 3.63) is 34.9 Å². The number of nitrogens with zero attached hydrogens (tertiary/aromatic N) is 4. The van der Waals surface area contributed by atoms with Crippen LogP contribution < -0.4 is 5.73 Å². The van der Waals surface area contributed by atoms with Crippen LogP contribution in [-0.4, -0.2) is 26.2 Å². The van der Waals surface area contributed by atoms with Crippen molar-refractivity contribution in [2.45, 2.75) is 48.7 Å². The zero-order valence-electron chi connectivity index (χ0n) is 11.8. The van der Waals surface area contributed by atoms with Gasteiger partial charge in [0.05, 0.1) is 11.3 Å². The number of halogens is 1. The average Bonchev–Trinajstić information content (AvgIpc) is 3.24. The van der Waals surface area contributed by atoms with Gasteiger partial charge in [-0.25, -0.2) is 4.68 Å². The Morgan fingerprint density at radius 3 is 2.86 bits per heavy atom. The maximum Gasteiger partial charge on any atom is 0.210 e. The Morgan fingerprint density at radius 2 is 2.19 bits per heavy atom. The van der Waals surface area contributed by atoms with Gasteiger partial charge < -0.3 is 5.73 Å². The summed E-state index contributed by atoms with van der Waals surface area (Å²) in [7, 11) is 0. The van der Waals surface area contributed by atoms with Gasteiger partial charge in [0.25, 0.3) is 0 Å². The summed E-state index contributed by atoms with van der Waals surface area (Å²) in [6.07, 6.45) is 3.16. The average molecular weight is 324 g/mol. The lowest BCUT2D eigenvalue weighted by Gasteiger charge is -2.23. The lowest BCUT2D eigenvalue weighted by Crippen LogP contribution is -2.26. The smallest absolute Gasteiger partial charge is 0.210 e. The summed E-state index contributed by atoms with van der Waals surface area (Å²) in [6, 6.07) is 8.30. The first-order valence-electron chi connectivity index (χ1n) is 7.15. The number of benzene rings is 1. The van der Waals surface area contributed by atoms with Crippen LogP contribution >= 0.6 is 23.4 Å². The molecule has 1 heterocycles. The first kappa shape index (κ1) is 14.8. The van der Waals surface area contributed by atoms with E-state index in [1.807, 2.05) is 28.9 Å². The predicted octanol–water partition coefficient (Wildman–Crippen LogP) is 3.23. The van der Waals surface area contributed by atoms with Crippen LogP contribution in [0.15, 0.2) is 29.4 Å². The van der Waals surface area contributed by atoms with Gasteiger partial charge >= 0.3 is 0 Å². The van der Waals surface area contributed by atoms with E-state index in [2.05, 4.69) is 22.4 Å². The van der Waals surface area contributed by atoms with Crippen LogP contribution in [0.5, 0.6) is 0 Å². The molecule has 7 heteroatoms. The number of aromatic nitrogens is 4. The molecule has 0 spiro atoms. The molecule has 21 heavy (non-hydrogen) atoms. The molecular formula is C14H18ClN5S. The maximum absolute atomic E-state index is 6.35. The molecule has 1 aliphatic carbocycles. The van der Waals surface area contributed by atoms with Crippen molar-refractivity contribution in [1.82, 2.24) is 20.2 Å². The van der Waals surface area contributed by atoms with Gasteiger partial charge in [-0.3, -0.25) is 0 Å². The highest BCUT2D eigenvalue weighted by molar-refractivity contribution is 7.99. The van der Waals surface area contributed by atoms with E-state index in [-0.39, 0.29) is 11.3 Å². The molecule has 1 aromatic heterocycles. The topological polar surface area (TPSA) is 69.6 Å². The summed E-state index contributed by atoms with van der Waals surface area (Å²) in [5.74, 6) is 0. The SMILES string of the molecule is CCC(N)C(Sc1nnnn1C1CC1)c1ccccc1Cl. The third-order valence-electron chi connectivity index (χ3n) is 3.66. The second-order valence-corrected chi connectivity index (χ2v) is 6.79. The lowest BCUT2D eigenvalue weighted by atomic mass is 10.0. The molecule has 0 saturated heterocycles. The highest BCUT2D eigenvalue weighted by Gasteiger charge is 2.31. The van der Waals surface area contributed by atoms with Crippen molar-refractivity contribution in [3.63, 3.8) is 0 Å². The van der Waals surface area contributed by atoms with Gasteiger partial charge in [-0.15, -0.1) is 5.10 Å². The van der Waals surface area contributed by atoms with Crippen molar-refractivity contribution in [3.8, 4) is 0 Å². The minimum absolute atomic E-state index is 0.000692. The molecule has 1 saturated carbocycles. The number of hydrogen-bond donors (Lipinski definition) is 1. The summed E-state index contributed by atoms with van der Waals surface area (Å²) in [5.41, 5.74) is 7.36. The van der Waals surface area contributed by atoms with Gasteiger partial charge in [-0.2, -0.15) is 0 Å². The second kappa shape index (κ2) is 6.34. The van der Waals surface area contributed by atoms with Gasteiger partial charge in [0.1, 0.15) is 0 Å². The molecule has 2 N–H and O–H groups in total. The number of tetrazole rings is 1. The Morgan fingerprint density at radius 1 is 1.43 bits per heavy atom. The molecule has 2 atom stereocenters. The maximum atomic E-state index is 6.35. The van der Waals surface area contributed by atoms with Crippen LogP contribution in [0.1, 0.15) is 43.0 Å². The summed E-state index contributed by atoms with van der Waals surface area (Å²) in [4.78, 5) is 0. The molecule has 1 fully saturated rings. The fraction of sp³-hybridized carbons (Fsp3) is 0.500. The molecule has 1 aromatic carbocycles. The van der Waals surface area contributed by atoms with Gasteiger partial charge in [0, 0.05) is 11.1 Å². The molecular weight excluding hydrogens is 306 g/mol. The van der Waals surface area contributed by atoms with Crippen molar-refractivity contribution >= 4 is 23.4 Å². The monoisotopic (exact) mass is 323 g/mol. The number of rotatable bonds is 6. The fourth-order valence-corrected chi connectivity index (χ4v) is 3.85. The normalized spacial score (nSPS) is 17.7. The van der Waals surface area contributed by atoms with Crippen LogP contribution in [0.25, 0.3) is 0 Å². The number of thioether (sulfide) groups is 1. The highest BCUT2D eigenvalue weighted by atomic mass is 35.5. The minimum Gasteiger partial charge on any atom is -0.326 e. The highest BCUT2D eigenvalue weighted by Crippen LogP contribution is 2.43. The molecule has 0 amide bonds. The van der Waals surface area contributed by atoms with Crippen LogP contribution in [0.2, 0.25) is 5.02 Å². The van der Waals surface area contributed by atoms with Crippen molar-refractivity contribution in [1.29, 1.82) is 0 Å². The van der Waals surface area contributed by atoms with E-state index >= 15 is 0 Å². The summed E-state index contributed by atoms with van der Waals surface area (Å²) in [5, 5.41) is 13.7. The molecule has 0 bridgehead atoms. The quantitative estimate of drug-likeness (QED) is 0.826. The fourth-order valence-electron chi connectivity index (χ4n) is 2.23. The van der Waals surface area contributed by atoms with Crippen LogP contribution in [0, 0.1) is 0 Å². The Kier molecular flexibility index (Phi) is 4.47. The molecule has 2 aromatic rings. The van der Waals surface area contributed by atoms with Gasteiger partial charge in [0.2, 0.25) is 5.16 Å². The Balaban J connectivity index is 1.89. The van der Waals surface area contributed by atoms with Gasteiger partial charge in [0.15, 0.2) is 0 Å². The Hall–Kier alpha value is -1.11. The molecule has 3 rings (SSSR count). The molecule has 112 valence electrons. The minimum atomic E-state index is -0.000692. The van der Waals surface area contributed by atoms with Crippen molar-refractivity contribution < 1.29 is 0 Å². The van der Waals surface area contributed by atoms with Crippen molar-refractivity contribution in [2.75, 3.05) is 0 Å². The van der Waals surface area contributed by atoms with E-state index in [1.165, 1.54) is 0 Å². The van der Waals surface area contributed by atoms with E-state index in [0.717, 1.165) is 35.0 Å². The van der Waals surface area contributed by atoms with E-state index in [9.17, 15) is 0 Å². The lowest BCUT2D eigenvalue weighted by molar-refractivity contribution is 0.561. The molecule has 0 aliphatic heterocycles. The van der Waals surface area contributed by atoms with E-state index < -0.39 is 0 Å². The van der Waals surface area contributed by atoms with E-state index in [1.54, 1.807) is 11.8 Å². The summed E-state index contributed by atoms with van der Waals surface area (Å²) >= 11 is 7.96. The first-order chi connectivity index (χ1) is 10.2. The predicted molar refractivity (Wildman–Crippen MR) is 84.4 cm³/mol. The van der Waals surface area contributed by atoms with Crippen molar-refractivity contribution in [2.24, 2.45) is 5.73 Å². The third-order valence-corrected chi connectivity index (χ3v) is 5.34. The van der Waals surface area contributed by atoms with Crippen LogP contribution in [0.4, 0.5) is 0 Å². The largest absolute Gasteiger partial charge is 0.326 e. The molecule has 0 radical (unpaired) electrons. The standard InChI is InChI=1S/C14H18ClN5S/c1-2-12(16)13(10-5-3-4-6-11(10)15)21-14-17-18-19-20(14)9-7-8-9/h3-6,9,12-13H,2,7-8,16H2,1H3. The zero-order valence-corrected chi connectivity index (χ0v) is 13.4. The van der Waals surface area contributed by atoms with Gasteiger partial charge in [-0.05, 0) is 41.3 Å². The van der Waals surface area contributed by atoms with Crippen LogP contribution in [-0.2, 0) is 0 Å². The Bertz CT molecular complexity index is 613. The molecule has 1 aliphatic rings. The third kappa shape index (κ3) is 3.22. The van der Waals surface area contributed by atoms with Gasteiger partial charge in [-0.1, -0.05) is 48.5 Å². The Labute approximate surface area is 133 Å². The number of nitrogens with two attached hydrogens (primary N) is 1. The second-order valence-electron chi connectivity index (χ2n) is 5.27. The first-order valence-corrected chi connectivity index (χ1v) is 8.41. The molecule has 5 nitrogen and oxygen atoms in total. The molecule has 2 unspecified atom stereocenters. The zero-order chi connectivity index (χ0) is 14.8.